The zero-order chi connectivity index (χ0) is 24.3. The summed E-state index contributed by atoms with van der Waals surface area (Å²) in [6.07, 6.45) is 0. The molecule has 172 valence electrons. The Morgan fingerprint density at radius 1 is 0.444 bits per heavy atom. The molecule has 0 amide bonds. The Kier molecular flexibility index (Phi) is 5.69. The van der Waals surface area contributed by atoms with Crippen LogP contribution in [0.1, 0.15) is 0 Å². The van der Waals surface area contributed by atoms with E-state index in [9.17, 15) is 0 Å². The first-order valence-electron chi connectivity index (χ1n) is 12.2. The molecule has 0 aliphatic carbocycles. The van der Waals surface area contributed by atoms with Crippen LogP contribution >= 0.6 is 0 Å². The van der Waals surface area contributed by atoms with Gasteiger partial charge in [-0.25, -0.2) is 0 Å². The summed E-state index contributed by atoms with van der Waals surface area (Å²) in [4.78, 5) is 2.32. The molecule has 2 nitrogen and oxygen atoms in total. The van der Waals surface area contributed by atoms with E-state index < -0.39 is 0 Å². The molecule has 6 rings (SSSR count). The Morgan fingerprint density at radius 3 is 1.83 bits per heavy atom. The van der Waals surface area contributed by atoms with Crippen LogP contribution in [0, 0.1) is 0 Å². The van der Waals surface area contributed by atoms with Crippen molar-refractivity contribution in [3.8, 4) is 22.3 Å². The number of hydrogen-bond acceptors (Lipinski definition) is 2. The molecule has 0 aliphatic heterocycles. The minimum atomic E-state index is 0.760. The molecule has 0 heterocycles. The van der Waals surface area contributed by atoms with Gasteiger partial charge in [-0.2, -0.15) is 0 Å². The molecule has 0 atom stereocenters. The van der Waals surface area contributed by atoms with Gasteiger partial charge in [0.1, 0.15) is 0 Å². The highest BCUT2D eigenvalue weighted by Crippen LogP contribution is 2.40. The summed E-state index contributed by atoms with van der Waals surface area (Å²) >= 11 is 0. The lowest BCUT2D eigenvalue weighted by Crippen LogP contribution is -2.10. The molecule has 0 aliphatic rings. The Morgan fingerprint density at radius 2 is 1.06 bits per heavy atom. The highest BCUT2D eigenvalue weighted by atomic mass is 15.1. The van der Waals surface area contributed by atoms with E-state index in [1.54, 1.807) is 0 Å². The maximum atomic E-state index is 6.22. The Labute approximate surface area is 211 Å². The second-order valence-corrected chi connectivity index (χ2v) is 8.89. The predicted molar refractivity (Wildman–Crippen MR) is 154 cm³/mol. The summed E-state index contributed by atoms with van der Waals surface area (Å²) in [5.41, 5.74) is 15.0. The number of fused-ring (bicyclic) bond motifs is 1. The van der Waals surface area contributed by atoms with Gasteiger partial charge in [0.15, 0.2) is 0 Å². The number of hydrogen-bond donors (Lipinski definition) is 1. The number of rotatable bonds is 5. The third kappa shape index (κ3) is 4.10. The van der Waals surface area contributed by atoms with Crippen molar-refractivity contribution in [1.82, 2.24) is 0 Å². The molecular formula is C34H26N2. The average Bonchev–Trinajstić information content (AvgIpc) is 2.95. The standard InChI is InChI=1S/C34H26N2/c35-28-20-23-31(25-10-3-1-4-11-25)33(24-28)27-18-21-30(22-19-27)36(29-14-5-2-6-15-29)34-17-9-13-26-12-7-8-16-32(26)34/h1-24H,35H2. The van der Waals surface area contributed by atoms with Crippen LogP contribution in [0.15, 0.2) is 146 Å². The van der Waals surface area contributed by atoms with Crippen molar-refractivity contribution in [1.29, 1.82) is 0 Å². The minimum Gasteiger partial charge on any atom is -0.399 e. The van der Waals surface area contributed by atoms with Crippen LogP contribution in [-0.4, -0.2) is 0 Å². The van der Waals surface area contributed by atoms with E-state index in [0.717, 1.165) is 33.9 Å². The number of nitrogens with two attached hydrogens (primary N) is 1. The third-order valence-corrected chi connectivity index (χ3v) is 6.59. The smallest absolute Gasteiger partial charge is 0.0540 e. The lowest BCUT2D eigenvalue weighted by atomic mass is 9.94. The Hall–Kier alpha value is -4.82. The van der Waals surface area contributed by atoms with Crippen molar-refractivity contribution in [3.05, 3.63) is 146 Å². The zero-order valence-corrected chi connectivity index (χ0v) is 19.9. The van der Waals surface area contributed by atoms with Gasteiger partial charge in [-0.05, 0) is 70.1 Å². The summed E-state index contributed by atoms with van der Waals surface area (Å²) in [6, 6.07) is 50.9. The van der Waals surface area contributed by atoms with Gasteiger partial charge >= 0.3 is 0 Å². The summed E-state index contributed by atoms with van der Waals surface area (Å²) in [5, 5.41) is 2.44. The van der Waals surface area contributed by atoms with Gasteiger partial charge in [-0.1, -0.05) is 103 Å². The van der Waals surface area contributed by atoms with Crippen molar-refractivity contribution < 1.29 is 0 Å². The number of nitrogen functional groups attached to an aromatic ring is 1. The van der Waals surface area contributed by atoms with Gasteiger partial charge in [0.25, 0.3) is 0 Å². The first kappa shape index (κ1) is 21.7. The first-order valence-corrected chi connectivity index (χ1v) is 12.2. The molecule has 0 unspecified atom stereocenters. The van der Waals surface area contributed by atoms with Crippen LogP contribution in [-0.2, 0) is 0 Å². The van der Waals surface area contributed by atoms with Gasteiger partial charge in [0.2, 0.25) is 0 Å². The second-order valence-electron chi connectivity index (χ2n) is 8.89. The van der Waals surface area contributed by atoms with Gasteiger partial charge in [0, 0.05) is 22.4 Å². The maximum Gasteiger partial charge on any atom is 0.0540 e. The van der Waals surface area contributed by atoms with Crippen LogP contribution in [0.5, 0.6) is 0 Å². The summed E-state index contributed by atoms with van der Waals surface area (Å²) in [6.45, 7) is 0. The van der Waals surface area contributed by atoms with Gasteiger partial charge in [-0.15, -0.1) is 0 Å². The predicted octanol–water partition coefficient (Wildman–Crippen LogP) is 9.23. The molecule has 6 aromatic carbocycles. The number of anilines is 4. The van der Waals surface area contributed by atoms with E-state index in [4.69, 9.17) is 5.73 Å². The van der Waals surface area contributed by atoms with Crippen molar-refractivity contribution in [2.75, 3.05) is 10.6 Å². The lowest BCUT2D eigenvalue weighted by Gasteiger charge is -2.27. The largest absolute Gasteiger partial charge is 0.399 e. The van der Waals surface area contributed by atoms with Crippen LogP contribution in [0.25, 0.3) is 33.0 Å². The van der Waals surface area contributed by atoms with Crippen molar-refractivity contribution in [2.24, 2.45) is 0 Å². The topological polar surface area (TPSA) is 29.3 Å². The number of para-hydroxylation sites is 1. The fourth-order valence-corrected chi connectivity index (χ4v) is 4.87. The van der Waals surface area contributed by atoms with E-state index in [1.807, 2.05) is 12.1 Å². The van der Waals surface area contributed by atoms with Crippen molar-refractivity contribution in [2.45, 2.75) is 0 Å². The fourth-order valence-electron chi connectivity index (χ4n) is 4.87. The van der Waals surface area contributed by atoms with Crippen molar-refractivity contribution >= 4 is 33.5 Å². The monoisotopic (exact) mass is 462 g/mol. The van der Waals surface area contributed by atoms with E-state index in [2.05, 4.69) is 138 Å². The van der Waals surface area contributed by atoms with E-state index >= 15 is 0 Å². The maximum absolute atomic E-state index is 6.22. The number of nitrogens with zero attached hydrogens (tertiary/aromatic N) is 1. The third-order valence-electron chi connectivity index (χ3n) is 6.59. The summed E-state index contributed by atoms with van der Waals surface area (Å²) in [7, 11) is 0. The second kappa shape index (κ2) is 9.44. The quantitative estimate of drug-likeness (QED) is 0.259. The van der Waals surface area contributed by atoms with Crippen LogP contribution in [0.4, 0.5) is 22.7 Å². The summed E-state index contributed by atoms with van der Waals surface area (Å²) < 4.78 is 0. The molecule has 0 saturated carbocycles. The van der Waals surface area contributed by atoms with Crippen LogP contribution in [0.3, 0.4) is 0 Å². The Bertz CT molecular complexity index is 1620. The molecule has 0 saturated heterocycles. The normalized spacial score (nSPS) is 10.9. The van der Waals surface area contributed by atoms with E-state index in [1.165, 1.54) is 21.9 Å². The van der Waals surface area contributed by atoms with Crippen molar-refractivity contribution in [3.63, 3.8) is 0 Å². The van der Waals surface area contributed by atoms with E-state index in [0.29, 0.717) is 0 Å². The molecule has 36 heavy (non-hydrogen) atoms. The molecule has 0 aromatic heterocycles. The van der Waals surface area contributed by atoms with Gasteiger partial charge < -0.3 is 10.6 Å². The first-order chi connectivity index (χ1) is 17.8. The fraction of sp³-hybridized carbons (Fsp3) is 0. The van der Waals surface area contributed by atoms with Gasteiger partial charge in [0.05, 0.1) is 5.69 Å². The van der Waals surface area contributed by atoms with Gasteiger partial charge in [-0.3, -0.25) is 0 Å². The highest BCUT2D eigenvalue weighted by Gasteiger charge is 2.16. The SMILES string of the molecule is Nc1ccc(-c2ccccc2)c(-c2ccc(N(c3ccccc3)c3cccc4ccccc34)cc2)c1. The average molecular weight is 463 g/mol. The molecule has 0 fully saturated rings. The zero-order valence-electron chi connectivity index (χ0n) is 19.9. The Balaban J connectivity index is 1.48. The highest BCUT2D eigenvalue weighted by molar-refractivity contribution is 5.99. The molecule has 0 spiro atoms. The molecule has 0 bridgehead atoms. The molecule has 0 radical (unpaired) electrons. The molecule has 2 N–H and O–H groups in total. The molecule has 6 aromatic rings. The van der Waals surface area contributed by atoms with E-state index in [-0.39, 0.29) is 0 Å². The van der Waals surface area contributed by atoms with Crippen LogP contribution in [0.2, 0.25) is 0 Å². The number of benzene rings is 6. The molecular weight excluding hydrogens is 436 g/mol. The summed E-state index contributed by atoms with van der Waals surface area (Å²) in [5.74, 6) is 0. The lowest BCUT2D eigenvalue weighted by molar-refractivity contribution is 1.30. The van der Waals surface area contributed by atoms with Crippen LogP contribution < -0.4 is 10.6 Å². The molecule has 2 heteroatoms. The minimum absolute atomic E-state index is 0.760.